The van der Waals surface area contributed by atoms with Crippen molar-refractivity contribution in [3.05, 3.63) is 64.4 Å². The van der Waals surface area contributed by atoms with Gasteiger partial charge in [0, 0.05) is 17.3 Å². The molecule has 0 heterocycles. The highest BCUT2D eigenvalue weighted by Gasteiger charge is 2.08. The molecule has 0 saturated carbocycles. The Morgan fingerprint density at radius 2 is 1.89 bits per heavy atom. The van der Waals surface area contributed by atoms with E-state index < -0.39 is 6.10 Å². The van der Waals surface area contributed by atoms with Gasteiger partial charge in [0.1, 0.15) is 5.82 Å². The minimum atomic E-state index is -0.695. The molecule has 0 radical (unpaired) electrons. The minimum absolute atomic E-state index is 0.311. The van der Waals surface area contributed by atoms with Gasteiger partial charge >= 0.3 is 0 Å². The zero-order valence-corrected chi connectivity index (χ0v) is 11.3. The molecule has 19 heavy (non-hydrogen) atoms. The van der Waals surface area contributed by atoms with Crippen molar-refractivity contribution in [1.29, 1.82) is 0 Å². The number of aryl methyl sites for hydroxylation is 1. The fourth-order valence-corrected chi connectivity index (χ4v) is 1.97. The van der Waals surface area contributed by atoms with Crippen molar-refractivity contribution in [2.75, 3.05) is 11.9 Å². The summed E-state index contributed by atoms with van der Waals surface area (Å²) in [6.45, 7) is 2.30. The molecule has 2 aromatic rings. The van der Waals surface area contributed by atoms with Gasteiger partial charge in [-0.15, -0.1) is 0 Å². The second-order valence-electron chi connectivity index (χ2n) is 4.41. The largest absolute Gasteiger partial charge is 0.387 e. The molecule has 1 unspecified atom stereocenters. The number of nitrogens with one attached hydrogen (secondary N) is 1. The minimum Gasteiger partial charge on any atom is -0.387 e. The Hall–Kier alpha value is -1.58. The molecule has 0 aliphatic carbocycles. The fraction of sp³-hybridized carbons (Fsp3) is 0.200. The molecule has 2 rings (SSSR count). The molecular weight excluding hydrogens is 265 g/mol. The van der Waals surface area contributed by atoms with E-state index in [2.05, 4.69) is 5.32 Å². The van der Waals surface area contributed by atoms with Crippen molar-refractivity contribution < 1.29 is 9.50 Å². The summed E-state index contributed by atoms with van der Waals surface area (Å²) in [5.41, 5.74) is 2.61. The standard InChI is InChI=1S/C15H15ClFNO/c1-10-2-5-12(16)8-14(10)18-9-15(19)11-3-6-13(17)7-4-11/h2-8,15,18-19H,9H2,1H3. The fourth-order valence-electron chi connectivity index (χ4n) is 1.79. The maximum absolute atomic E-state index is 12.8. The van der Waals surface area contributed by atoms with Crippen LogP contribution in [0.4, 0.5) is 10.1 Å². The van der Waals surface area contributed by atoms with E-state index in [9.17, 15) is 9.50 Å². The highest BCUT2D eigenvalue weighted by atomic mass is 35.5. The number of hydrogen-bond donors (Lipinski definition) is 2. The van der Waals surface area contributed by atoms with Crippen molar-refractivity contribution in [3.63, 3.8) is 0 Å². The molecule has 0 bridgehead atoms. The number of anilines is 1. The van der Waals surface area contributed by atoms with Crippen molar-refractivity contribution in [2.45, 2.75) is 13.0 Å². The summed E-state index contributed by atoms with van der Waals surface area (Å²) in [5.74, 6) is -0.311. The van der Waals surface area contributed by atoms with E-state index in [0.29, 0.717) is 17.1 Å². The normalized spacial score (nSPS) is 12.2. The van der Waals surface area contributed by atoms with E-state index in [0.717, 1.165) is 11.3 Å². The molecule has 0 aliphatic rings. The Kier molecular flexibility index (Phi) is 4.40. The Labute approximate surface area is 116 Å². The van der Waals surface area contributed by atoms with Crippen LogP contribution in [0.1, 0.15) is 17.2 Å². The molecule has 2 N–H and O–H groups in total. The summed E-state index contributed by atoms with van der Waals surface area (Å²) in [6, 6.07) is 11.4. The lowest BCUT2D eigenvalue weighted by atomic mass is 10.1. The summed E-state index contributed by atoms with van der Waals surface area (Å²) in [6.07, 6.45) is -0.695. The summed E-state index contributed by atoms with van der Waals surface area (Å²) in [5, 5.41) is 13.8. The molecule has 100 valence electrons. The monoisotopic (exact) mass is 279 g/mol. The molecular formula is C15H15ClFNO. The maximum Gasteiger partial charge on any atom is 0.123 e. The van der Waals surface area contributed by atoms with Crippen LogP contribution in [0.15, 0.2) is 42.5 Å². The van der Waals surface area contributed by atoms with Crippen molar-refractivity contribution in [3.8, 4) is 0 Å². The molecule has 0 amide bonds. The van der Waals surface area contributed by atoms with Gasteiger partial charge in [-0.05, 0) is 42.3 Å². The topological polar surface area (TPSA) is 32.3 Å². The molecule has 2 aromatic carbocycles. The van der Waals surface area contributed by atoms with Crippen LogP contribution in [0, 0.1) is 12.7 Å². The van der Waals surface area contributed by atoms with Crippen LogP contribution in [0.5, 0.6) is 0 Å². The van der Waals surface area contributed by atoms with Gasteiger partial charge in [0.05, 0.1) is 6.10 Å². The maximum atomic E-state index is 12.8. The first-order valence-corrected chi connectivity index (χ1v) is 6.37. The van der Waals surface area contributed by atoms with Crippen LogP contribution < -0.4 is 5.32 Å². The lowest BCUT2D eigenvalue weighted by molar-refractivity contribution is 0.191. The third-order valence-electron chi connectivity index (χ3n) is 2.94. The number of aliphatic hydroxyl groups excluding tert-OH is 1. The molecule has 0 spiro atoms. The number of halogens is 2. The molecule has 0 aliphatic heterocycles. The zero-order chi connectivity index (χ0) is 13.8. The Balaban J connectivity index is 2.02. The average Bonchev–Trinajstić information content (AvgIpc) is 2.40. The van der Waals surface area contributed by atoms with E-state index >= 15 is 0 Å². The highest BCUT2D eigenvalue weighted by Crippen LogP contribution is 2.21. The van der Waals surface area contributed by atoms with E-state index in [1.165, 1.54) is 12.1 Å². The Bertz CT molecular complexity index is 557. The first-order valence-electron chi connectivity index (χ1n) is 6.00. The lowest BCUT2D eigenvalue weighted by Gasteiger charge is -2.15. The number of aliphatic hydroxyl groups is 1. The van der Waals surface area contributed by atoms with Crippen LogP contribution in [-0.4, -0.2) is 11.7 Å². The van der Waals surface area contributed by atoms with Crippen LogP contribution in [0.3, 0.4) is 0 Å². The van der Waals surface area contributed by atoms with Gasteiger partial charge in [0.25, 0.3) is 0 Å². The summed E-state index contributed by atoms with van der Waals surface area (Å²) < 4.78 is 12.8. The van der Waals surface area contributed by atoms with E-state index in [4.69, 9.17) is 11.6 Å². The smallest absolute Gasteiger partial charge is 0.123 e. The predicted octanol–water partition coefficient (Wildman–Crippen LogP) is 3.93. The van der Waals surface area contributed by atoms with Gasteiger partial charge in [-0.1, -0.05) is 29.8 Å². The number of rotatable bonds is 4. The van der Waals surface area contributed by atoms with Crippen LogP contribution in [-0.2, 0) is 0 Å². The van der Waals surface area contributed by atoms with Gasteiger partial charge in [-0.2, -0.15) is 0 Å². The molecule has 2 nitrogen and oxygen atoms in total. The third-order valence-corrected chi connectivity index (χ3v) is 3.18. The van der Waals surface area contributed by atoms with E-state index in [1.807, 2.05) is 25.1 Å². The van der Waals surface area contributed by atoms with E-state index in [1.54, 1.807) is 12.1 Å². The van der Waals surface area contributed by atoms with Crippen molar-refractivity contribution in [2.24, 2.45) is 0 Å². The summed E-state index contributed by atoms with van der Waals surface area (Å²) in [7, 11) is 0. The van der Waals surface area contributed by atoms with Crippen LogP contribution in [0.2, 0.25) is 5.02 Å². The average molecular weight is 280 g/mol. The zero-order valence-electron chi connectivity index (χ0n) is 10.5. The molecule has 0 aromatic heterocycles. The van der Waals surface area contributed by atoms with Gasteiger partial charge < -0.3 is 10.4 Å². The van der Waals surface area contributed by atoms with Crippen molar-refractivity contribution >= 4 is 17.3 Å². The summed E-state index contributed by atoms with van der Waals surface area (Å²) >= 11 is 5.92. The molecule has 4 heteroatoms. The van der Waals surface area contributed by atoms with Gasteiger partial charge in [0.15, 0.2) is 0 Å². The SMILES string of the molecule is Cc1ccc(Cl)cc1NCC(O)c1ccc(F)cc1. The van der Waals surface area contributed by atoms with Gasteiger partial charge in [0.2, 0.25) is 0 Å². The molecule has 0 fully saturated rings. The second-order valence-corrected chi connectivity index (χ2v) is 4.84. The van der Waals surface area contributed by atoms with Gasteiger partial charge in [-0.25, -0.2) is 4.39 Å². The first kappa shape index (κ1) is 13.8. The third kappa shape index (κ3) is 3.69. The molecule has 1 atom stereocenters. The van der Waals surface area contributed by atoms with Crippen LogP contribution >= 0.6 is 11.6 Å². The van der Waals surface area contributed by atoms with Crippen LogP contribution in [0.25, 0.3) is 0 Å². The highest BCUT2D eigenvalue weighted by molar-refractivity contribution is 6.30. The number of hydrogen-bond acceptors (Lipinski definition) is 2. The van der Waals surface area contributed by atoms with Crippen molar-refractivity contribution in [1.82, 2.24) is 0 Å². The quantitative estimate of drug-likeness (QED) is 0.889. The molecule has 0 saturated heterocycles. The number of benzene rings is 2. The lowest BCUT2D eigenvalue weighted by Crippen LogP contribution is -2.12. The van der Waals surface area contributed by atoms with E-state index in [-0.39, 0.29) is 5.82 Å². The predicted molar refractivity (Wildman–Crippen MR) is 76.0 cm³/mol. The first-order chi connectivity index (χ1) is 9.06. The summed E-state index contributed by atoms with van der Waals surface area (Å²) in [4.78, 5) is 0. The second kappa shape index (κ2) is 6.04. The Morgan fingerprint density at radius 1 is 1.21 bits per heavy atom. The Morgan fingerprint density at radius 3 is 2.58 bits per heavy atom. The van der Waals surface area contributed by atoms with Gasteiger partial charge in [-0.3, -0.25) is 0 Å².